The molecule has 2 unspecified atom stereocenters. The molecule has 7 rings (SSSR count). The Kier molecular flexibility index (Phi) is 4.24. The Bertz CT molecular complexity index is 1310. The second-order valence-electron chi connectivity index (χ2n) is 10.0. The molecule has 4 atom stereocenters. The van der Waals surface area contributed by atoms with Crippen molar-refractivity contribution in [3.8, 4) is 0 Å². The van der Waals surface area contributed by atoms with E-state index in [1.165, 1.54) is 18.3 Å². The molecule has 182 valence electrons. The van der Waals surface area contributed by atoms with Crippen molar-refractivity contribution in [1.29, 1.82) is 0 Å². The third-order valence-electron chi connectivity index (χ3n) is 8.15. The number of rotatable bonds is 4. The maximum absolute atomic E-state index is 13.8. The average molecular weight is 485 g/mol. The zero-order chi connectivity index (χ0) is 23.9. The van der Waals surface area contributed by atoms with E-state index in [9.17, 15) is 17.6 Å². The zero-order valence-corrected chi connectivity index (χ0v) is 18.7. The Morgan fingerprint density at radius 2 is 1.94 bits per heavy atom. The quantitative estimate of drug-likeness (QED) is 0.556. The van der Waals surface area contributed by atoms with Gasteiger partial charge in [-0.2, -0.15) is 18.2 Å². The normalized spacial score (nSPS) is 28.7. The van der Waals surface area contributed by atoms with Crippen molar-refractivity contribution in [2.75, 3.05) is 34.8 Å². The first-order chi connectivity index (χ1) is 16.8. The highest BCUT2D eigenvalue weighted by Gasteiger charge is 2.76. The molecule has 1 N–H and O–H groups in total. The van der Waals surface area contributed by atoms with Crippen molar-refractivity contribution in [2.45, 2.75) is 31.6 Å². The molecule has 2 aliphatic carbocycles. The molecule has 0 bridgehead atoms. The highest BCUT2D eigenvalue weighted by molar-refractivity contribution is 5.60. The lowest BCUT2D eigenvalue weighted by Gasteiger charge is -2.38. The molecule has 0 amide bonds. The number of benzene rings is 1. The van der Waals surface area contributed by atoms with Crippen molar-refractivity contribution in [3.05, 3.63) is 54.1 Å². The molecule has 3 fully saturated rings. The van der Waals surface area contributed by atoms with Gasteiger partial charge in [-0.15, -0.1) is 5.10 Å². The lowest BCUT2D eigenvalue weighted by atomic mass is 9.71. The van der Waals surface area contributed by atoms with Gasteiger partial charge in [0.25, 0.3) is 0 Å². The number of nitrogens with zero attached hydrogens (tertiary/aromatic N) is 6. The summed E-state index contributed by atoms with van der Waals surface area (Å²) in [5.41, 5.74) is 0.634. The van der Waals surface area contributed by atoms with Gasteiger partial charge in [-0.25, -0.2) is 9.07 Å². The van der Waals surface area contributed by atoms with E-state index < -0.39 is 11.9 Å². The van der Waals surface area contributed by atoms with Gasteiger partial charge in [0, 0.05) is 55.7 Å². The first-order valence-electron chi connectivity index (χ1n) is 11.8. The molecule has 11 heteroatoms. The SMILES string of the molecule is Fc1cccc(N2CCCn3nc(N[C@@H]4C5CC56CN(c5ccnc(C(F)(F)F)c5)C[C@@H]46)nc32)c1. The van der Waals surface area contributed by atoms with Gasteiger partial charge in [0.1, 0.15) is 11.5 Å². The number of fused-ring (bicyclic) bond motifs is 1. The van der Waals surface area contributed by atoms with Crippen LogP contribution in [0.25, 0.3) is 0 Å². The number of nitrogens with one attached hydrogen (secondary N) is 1. The second kappa shape index (κ2) is 7.08. The van der Waals surface area contributed by atoms with Gasteiger partial charge in [-0.05, 0) is 54.5 Å². The molecule has 4 aliphatic rings. The first-order valence-corrected chi connectivity index (χ1v) is 11.8. The van der Waals surface area contributed by atoms with Gasteiger partial charge < -0.3 is 15.1 Å². The molecule has 1 saturated heterocycles. The summed E-state index contributed by atoms with van der Waals surface area (Å²) in [5.74, 6) is 1.75. The summed E-state index contributed by atoms with van der Waals surface area (Å²) in [4.78, 5) is 12.3. The Labute approximate surface area is 198 Å². The molecule has 35 heavy (non-hydrogen) atoms. The Balaban J connectivity index is 1.09. The van der Waals surface area contributed by atoms with Gasteiger partial charge in [-0.1, -0.05) is 6.07 Å². The van der Waals surface area contributed by atoms with E-state index in [0.29, 0.717) is 36.0 Å². The standard InChI is InChI=1S/C24H23F4N7/c25-14-3-1-4-16(9-14)34-7-2-8-35-22(34)31-21(32-35)30-20-17-11-23(17)13-33(12-18(20)23)15-5-6-29-19(10-15)24(26,27)28/h1,3-6,9-10,17-18,20H,2,7-8,11-13H2,(H,30,32)/t17?,18-,20+,23?/m0/s1. The fourth-order valence-electron chi connectivity index (χ4n) is 6.46. The van der Waals surface area contributed by atoms with Crippen LogP contribution in [0.4, 0.5) is 40.8 Å². The van der Waals surface area contributed by atoms with Crippen LogP contribution in [0.5, 0.6) is 0 Å². The largest absolute Gasteiger partial charge is 0.433 e. The van der Waals surface area contributed by atoms with E-state index in [-0.39, 0.29) is 17.3 Å². The van der Waals surface area contributed by atoms with Crippen LogP contribution in [-0.2, 0) is 12.7 Å². The number of pyridine rings is 1. The lowest BCUT2D eigenvalue weighted by molar-refractivity contribution is -0.141. The Morgan fingerprint density at radius 3 is 2.77 bits per heavy atom. The monoisotopic (exact) mass is 485 g/mol. The number of halogens is 4. The fourth-order valence-corrected chi connectivity index (χ4v) is 6.46. The van der Waals surface area contributed by atoms with Crippen molar-refractivity contribution in [3.63, 3.8) is 0 Å². The van der Waals surface area contributed by atoms with Crippen molar-refractivity contribution >= 4 is 23.3 Å². The Morgan fingerprint density at radius 1 is 1.06 bits per heavy atom. The van der Waals surface area contributed by atoms with Gasteiger partial charge in [0.2, 0.25) is 11.9 Å². The van der Waals surface area contributed by atoms with Crippen LogP contribution in [0.15, 0.2) is 42.6 Å². The van der Waals surface area contributed by atoms with Crippen LogP contribution in [0.3, 0.4) is 0 Å². The van der Waals surface area contributed by atoms with Gasteiger partial charge in [-0.3, -0.25) is 4.98 Å². The summed E-state index contributed by atoms with van der Waals surface area (Å²) < 4.78 is 55.0. The number of alkyl halides is 3. The van der Waals surface area contributed by atoms with Crippen LogP contribution in [-0.4, -0.2) is 45.4 Å². The molecule has 2 aromatic heterocycles. The second-order valence-corrected chi connectivity index (χ2v) is 10.0. The van der Waals surface area contributed by atoms with E-state index in [2.05, 4.69) is 20.3 Å². The topological polar surface area (TPSA) is 62.1 Å². The minimum absolute atomic E-state index is 0.173. The minimum Gasteiger partial charge on any atom is -0.370 e. The van der Waals surface area contributed by atoms with Crippen molar-refractivity contribution < 1.29 is 17.6 Å². The molecule has 3 aromatic rings. The third kappa shape index (κ3) is 3.20. The molecule has 4 heterocycles. The maximum atomic E-state index is 13.8. The van der Waals surface area contributed by atoms with Crippen LogP contribution in [0, 0.1) is 23.1 Å². The zero-order valence-electron chi connectivity index (χ0n) is 18.7. The molecule has 2 saturated carbocycles. The van der Waals surface area contributed by atoms with E-state index in [4.69, 9.17) is 4.98 Å². The third-order valence-corrected chi connectivity index (χ3v) is 8.15. The first kappa shape index (κ1) is 21.0. The predicted molar refractivity (Wildman–Crippen MR) is 121 cm³/mol. The highest BCUT2D eigenvalue weighted by atomic mass is 19.4. The summed E-state index contributed by atoms with van der Waals surface area (Å²) in [7, 11) is 0. The molecule has 0 radical (unpaired) electrons. The van der Waals surface area contributed by atoms with Crippen LogP contribution in [0.1, 0.15) is 18.5 Å². The summed E-state index contributed by atoms with van der Waals surface area (Å²) >= 11 is 0. The molecule has 2 aliphatic heterocycles. The van der Waals surface area contributed by atoms with Crippen molar-refractivity contribution in [1.82, 2.24) is 19.7 Å². The molecular formula is C24H23F4N7. The lowest BCUT2D eigenvalue weighted by Crippen LogP contribution is -2.47. The molecule has 1 spiro atoms. The summed E-state index contributed by atoms with van der Waals surface area (Å²) in [6.45, 7) is 2.94. The predicted octanol–water partition coefficient (Wildman–Crippen LogP) is 4.31. The van der Waals surface area contributed by atoms with E-state index in [1.54, 1.807) is 12.1 Å². The number of aromatic nitrogens is 4. The number of hydrogen-bond donors (Lipinski definition) is 1. The van der Waals surface area contributed by atoms with Gasteiger partial charge in [0.15, 0.2) is 0 Å². The molecule has 1 aromatic carbocycles. The smallest absolute Gasteiger partial charge is 0.370 e. The highest BCUT2D eigenvalue weighted by Crippen LogP contribution is 2.74. The van der Waals surface area contributed by atoms with Crippen molar-refractivity contribution in [2.24, 2.45) is 17.3 Å². The van der Waals surface area contributed by atoms with Gasteiger partial charge in [0.05, 0.1) is 0 Å². The number of aryl methyl sites for hydroxylation is 1. The van der Waals surface area contributed by atoms with Crippen LogP contribution < -0.4 is 15.1 Å². The van der Waals surface area contributed by atoms with E-state index >= 15 is 0 Å². The van der Waals surface area contributed by atoms with Crippen LogP contribution in [0.2, 0.25) is 0 Å². The van der Waals surface area contributed by atoms with E-state index in [0.717, 1.165) is 44.2 Å². The molecular weight excluding hydrogens is 462 g/mol. The number of anilines is 4. The van der Waals surface area contributed by atoms with E-state index in [1.807, 2.05) is 15.6 Å². The summed E-state index contributed by atoms with van der Waals surface area (Å²) in [6, 6.07) is 9.46. The number of hydrogen-bond acceptors (Lipinski definition) is 6. The van der Waals surface area contributed by atoms with Gasteiger partial charge >= 0.3 is 6.18 Å². The average Bonchev–Trinajstić information content (AvgIpc) is 3.10. The maximum Gasteiger partial charge on any atom is 0.433 e. The van der Waals surface area contributed by atoms with Crippen LogP contribution >= 0.6 is 0 Å². The summed E-state index contributed by atoms with van der Waals surface area (Å²) in [5, 5.41) is 8.19. The molecule has 7 nitrogen and oxygen atoms in total. The summed E-state index contributed by atoms with van der Waals surface area (Å²) in [6.07, 6.45) is -1.28. The minimum atomic E-state index is -4.45. The fraction of sp³-hybridized carbons (Fsp3) is 0.458. The Hall–Kier alpha value is -3.37.